The van der Waals surface area contributed by atoms with E-state index in [0.717, 1.165) is 16.9 Å². The highest BCUT2D eigenvalue weighted by Gasteiger charge is 2.02. The molecule has 0 atom stereocenters. The van der Waals surface area contributed by atoms with Gasteiger partial charge in [-0.25, -0.2) is 0 Å². The van der Waals surface area contributed by atoms with E-state index in [1.54, 1.807) is 25.6 Å². The van der Waals surface area contributed by atoms with Crippen molar-refractivity contribution in [2.24, 2.45) is 0 Å². The second-order valence-electron chi connectivity index (χ2n) is 2.85. The molecule has 1 aromatic heterocycles. The Kier molecular flexibility index (Phi) is 2.12. The van der Waals surface area contributed by atoms with Crippen molar-refractivity contribution in [2.45, 2.75) is 0 Å². The number of hydrogen-bond donors (Lipinski definition) is 0. The summed E-state index contributed by atoms with van der Waals surface area (Å²) in [6.07, 6.45) is 3.29. The fourth-order valence-corrected chi connectivity index (χ4v) is 1.34. The first-order valence-corrected chi connectivity index (χ1v) is 4.37. The maximum absolute atomic E-state index is 7.78. The van der Waals surface area contributed by atoms with Gasteiger partial charge >= 0.3 is 0 Å². The van der Waals surface area contributed by atoms with Gasteiger partial charge in [-0.05, 0) is 12.1 Å². The van der Waals surface area contributed by atoms with Crippen LogP contribution in [0.3, 0.4) is 0 Å². The highest BCUT2D eigenvalue weighted by atomic mass is 16.5. The molecule has 0 fully saturated rings. The molecule has 70 valence electrons. The van der Waals surface area contributed by atoms with Crippen LogP contribution in [0.1, 0.15) is 1.37 Å². The molecule has 2 rings (SSSR count). The van der Waals surface area contributed by atoms with E-state index < -0.39 is 0 Å². The SMILES string of the molecule is [2H]c1ccncc1-c1ccccc1OC. The predicted molar refractivity (Wildman–Crippen MR) is 56.2 cm³/mol. The highest BCUT2D eigenvalue weighted by Crippen LogP contribution is 2.28. The Bertz CT molecular complexity index is 471. The van der Waals surface area contributed by atoms with Crippen LogP contribution in [-0.4, -0.2) is 12.1 Å². The largest absolute Gasteiger partial charge is 0.496 e. The van der Waals surface area contributed by atoms with Crippen molar-refractivity contribution >= 4 is 0 Å². The average Bonchev–Trinajstić information content (AvgIpc) is 2.30. The third-order valence-electron chi connectivity index (χ3n) is 2.00. The summed E-state index contributed by atoms with van der Waals surface area (Å²) in [5, 5.41) is 0. The van der Waals surface area contributed by atoms with Gasteiger partial charge in [-0.3, -0.25) is 4.98 Å². The monoisotopic (exact) mass is 186 g/mol. The van der Waals surface area contributed by atoms with Crippen molar-refractivity contribution in [3.8, 4) is 16.9 Å². The average molecular weight is 186 g/mol. The van der Waals surface area contributed by atoms with Crippen LogP contribution in [-0.2, 0) is 0 Å². The molecular weight excluding hydrogens is 174 g/mol. The molecule has 0 aliphatic rings. The van der Waals surface area contributed by atoms with Crippen LogP contribution in [0.4, 0.5) is 0 Å². The smallest absolute Gasteiger partial charge is 0.126 e. The van der Waals surface area contributed by atoms with E-state index in [1.165, 1.54) is 0 Å². The molecule has 0 amide bonds. The maximum Gasteiger partial charge on any atom is 0.126 e. The number of nitrogens with zero attached hydrogens (tertiary/aromatic N) is 1. The predicted octanol–water partition coefficient (Wildman–Crippen LogP) is 2.76. The minimum Gasteiger partial charge on any atom is -0.496 e. The fourth-order valence-electron chi connectivity index (χ4n) is 1.34. The quantitative estimate of drug-likeness (QED) is 0.719. The summed E-state index contributed by atoms with van der Waals surface area (Å²) in [7, 11) is 1.62. The molecule has 1 aromatic carbocycles. The number of pyridine rings is 1. The zero-order valence-electron chi connectivity index (χ0n) is 8.90. The van der Waals surface area contributed by atoms with Gasteiger partial charge in [0.05, 0.1) is 8.48 Å². The highest BCUT2D eigenvalue weighted by molar-refractivity contribution is 5.69. The van der Waals surface area contributed by atoms with Crippen LogP contribution in [0.25, 0.3) is 11.1 Å². The van der Waals surface area contributed by atoms with Gasteiger partial charge in [0.2, 0.25) is 0 Å². The Morgan fingerprint density at radius 2 is 2.14 bits per heavy atom. The number of methoxy groups -OCH3 is 1. The van der Waals surface area contributed by atoms with Crippen LogP contribution in [0, 0.1) is 0 Å². The first-order valence-electron chi connectivity index (χ1n) is 4.87. The summed E-state index contributed by atoms with van der Waals surface area (Å²) in [6.45, 7) is 0. The van der Waals surface area contributed by atoms with E-state index in [0.29, 0.717) is 6.04 Å². The van der Waals surface area contributed by atoms with Gasteiger partial charge in [-0.2, -0.15) is 0 Å². The van der Waals surface area contributed by atoms with Crippen LogP contribution in [0.5, 0.6) is 5.75 Å². The van der Waals surface area contributed by atoms with Crippen molar-refractivity contribution in [3.63, 3.8) is 0 Å². The Hall–Kier alpha value is -1.83. The lowest BCUT2D eigenvalue weighted by atomic mass is 10.1. The lowest BCUT2D eigenvalue weighted by Gasteiger charge is -2.06. The van der Waals surface area contributed by atoms with Gasteiger partial charge in [-0.1, -0.05) is 24.2 Å². The third-order valence-corrected chi connectivity index (χ3v) is 2.00. The molecule has 2 heteroatoms. The van der Waals surface area contributed by atoms with Gasteiger partial charge in [0.25, 0.3) is 0 Å². The van der Waals surface area contributed by atoms with Gasteiger partial charge < -0.3 is 4.74 Å². The maximum atomic E-state index is 7.78. The van der Waals surface area contributed by atoms with Crippen molar-refractivity contribution in [1.29, 1.82) is 0 Å². The number of ether oxygens (including phenoxy) is 1. The van der Waals surface area contributed by atoms with Gasteiger partial charge in [0, 0.05) is 23.5 Å². The Morgan fingerprint density at radius 3 is 2.93 bits per heavy atom. The topological polar surface area (TPSA) is 22.1 Å². The van der Waals surface area contributed by atoms with E-state index in [1.807, 2.05) is 24.3 Å². The summed E-state index contributed by atoms with van der Waals surface area (Å²) in [5.41, 5.74) is 1.69. The molecule has 0 bridgehead atoms. The van der Waals surface area contributed by atoms with E-state index in [-0.39, 0.29) is 0 Å². The van der Waals surface area contributed by atoms with Crippen LogP contribution < -0.4 is 4.74 Å². The van der Waals surface area contributed by atoms with Crippen molar-refractivity contribution < 1.29 is 6.11 Å². The Morgan fingerprint density at radius 1 is 1.29 bits per heavy atom. The number of rotatable bonds is 2. The number of para-hydroxylation sites is 1. The fraction of sp³-hybridized carbons (Fsp3) is 0.0833. The van der Waals surface area contributed by atoms with Crippen molar-refractivity contribution in [3.05, 3.63) is 48.8 Å². The molecule has 0 aliphatic carbocycles. The van der Waals surface area contributed by atoms with Crippen LogP contribution in [0.2, 0.25) is 0 Å². The summed E-state index contributed by atoms with van der Waals surface area (Å²) >= 11 is 0. The summed E-state index contributed by atoms with van der Waals surface area (Å²) in [4.78, 5) is 4.02. The zero-order valence-corrected chi connectivity index (χ0v) is 7.90. The standard InChI is InChI=1S/C12H11NO/c1-14-12-7-3-2-6-11(12)10-5-4-8-13-9-10/h2-9H,1H3/i5D. The molecule has 0 saturated carbocycles. The molecule has 0 radical (unpaired) electrons. The second-order valence-corrected chi connectivity index (χ2v) is 2.85. The molecule has 0 N–H and O–H groups in total. The Balaban J connectivity index is 2.59. The lowest BCUT2D eigenvalue weighted by Crippen LogP contribution is -1.87. The molecule has 14 heavy (non-hydrogen) atoms. The minimum atomic E-state index is 0.453. The summed E-state index contributed by atoms with van der Waals surface area (Å²) in [6, 6.07) is 9.75. The first-order chi connectivity index (χ1) is 7.33. The second kappa shape index (κ2) is 3.92. The lowest BCUT2D eigenvalue weighted by molar-refractivity contribution is 0.416. The molecule has 2 nitrogen and oxygen atoms in total. The van der Waals surface area contributed by atoms with E-state index in [2.05, 4.69) is 4.98 Å². The molecule has 0 spiro atoms. The Labute approximate surface area is 84.6 Å². The summed E-state index contributed by atoms with van der Waals surface area (Å²) < 4.78 is 13.0. The molecular formula is C12H11NO. The van der Waals surface area contributed by atoms with E-state index in [9.17, 15) is 0 Å². The van der Waals surface area contributed by atoms with Gasteiger partial charge in [0.15, 0.2) is 0 Å². The van der Waals surface area contributed by atoms with Crippen molar-refractivity contribution in [2.75, 3.05) is 7.11 Å². The molecule has 0 aliphatic heterocycles. The zero-order chi connectivity index (χ0) is 10.7. The molecule has 0 unspecified atom stereocenters. The molecule has 1 heterocycles. The normalized spacial score (nSPS) is 10.8. The number of hydrogen-bond acceptors (Lipinski definition) is 2. The minimum absolute atomic E-state index is 0.453. The first kappa shape index (κ1) is 7.56. The van der Waals surface area contributed by atoms with Gasteiger partial charge in [-0.15, -0.1) is 0 Å². The summed E-state index contributed by atoms with van der Waals surface area (Å²) in [5.74, 6) is 0.763. The van der Waals surface area contributed by atoms with Gasteiger partial charge in [0.1, 0.15) is 5.75 Å². The molecule has 0 saturated heterocycles. The number of benzene rings is 1. The number of aromatic nitrogens is 1. The van der Waals surface area contributed by atoms with Crippen molar-refractivity contribution in [1.82, 2.24) is 4.98 Å². The molecule has 2 aromatic rings. The van der Waals surface area contributed by atoms with E-state index in [4.69, 9.17) is 6.11 Å². The van der Waals surface area contributed by atoms with Crippen LogP contribution in [0.15, 0.2) is 48.8 Å². The van der Waals surface area contributed by atoms with E-state index >= 15 is 0 Å². The van der Waals surface area contributed by atoms with Crippen LogP contribution >= 0.6 is 0 Å². The third kappa shape index (κ3) is 1.59.